The van der Waals surface area contributed by atoms with Crippen LogP contribution in [0.2, 0.25) is 0 Å². The van der Waals surface area contributed by atoms with Crippen molar-refractivity contribution in [2.75, 3.05) is 5.32 Å². The van der Waals surface area contributed by atoms with E-state index in [-0.39, 0.29) is 5.69 Å². The van der Waals surface area contributed by atoms with E-state index in [2.05, 4.69) is 15.3 Å². The van der Waals surface area contributed by atoms with Crippen LogP contribution in [0.1, 0.15) is 21.7 Å². The first-order chi connectivity index (χ1) is 10.1. The lowest BCUT2D eigenvalue weighted by Crippen LogP contribution is -2.15. The predicted molar refractivity (Wildman–Crippen MR) is 77.8 cm³/mol. The van der Waals surface area contributed by atoms with Crippen molar-refractivity contribution in [3.8, 4) is 0 Å². The van der Waals surface area contributed by atoms with E-state index in [1.807, 2.05) is 6.92 Å². The molecule has 2 rings (SSSR count). The first kappa shape index (κ1) is 14.4. The standard InChI is InChI=1S/C15H13N3O3/c1-10-4-6-12(9-17-10)18-15(21)14-11(3-2-8-16-14)5-7-13(19)20/h2-9H,1H3,(H,18,21)(H,19,20)/b7-5+. The fraction of sp³-hybridized carbons (Fsp3) is 0.0667. The summed E-state index contributed by atoms with van der Waals surface area (Å²) in [4.78, 5) is 30.8. The number of hydrogen-bond acceptors (Lipinski definition) is 4. The van der Waals surface area contributed by atoms with Crippen molar-refractivity contribution in [1.82, 2.24) is 9.97 Å². The molecule has 0 spiro atoms. The third kappa shape index (κ3) is 3.97. The molecule has 1 amide bonds. The lowest BCUT2D eigenvalue weighted by Gasteiger charge is -2.06. The van der Waals surface area contributed by atoms with Gasteiger partial charge in [0, 0.05) is 23.5 Å². The van der Waals surface area contributed by atoms with Gasteiger partial charge in [-0.1, -0.05) is 6.07 Å². The van der Waals surface area contributed by atoms with Gasteiger partial charge in [0.05, 0.1) is 11.9 Å². The second kappa shape index (κ2) is 6.42. The largest absolute Gasteiger partial charge is 0.478 e. The minimum Gasteiger partial charge on any atom is -0.478 e. The Morgan fingerprint density at radius 3 is 2.71 bits per heavy atom. The van der Waals surface area contributed by atoms with Crippen molar-refractivity contribution in [2.45, 2.75) is 6.92 Å². The number of aromatic nitrogens is 2. The van der Waals surface area contributed by atoms with E-state index in [4.69, 9.17) is 5.11 Å². The first-order valence-electron chi connectivity index (χ1n) is 6.16. The van der Waals surface area contributed by atoms with E-state index in [1.165, 1.54) is 12.3 Å². The Kier molecular flexibility index (Phi) is 4.40. The van der Waals surface area contributed by atoms with Crippen molar-refractivity contribution in [3.63, 3.8) is 0 Å². The molecule has 21 heavy (non-hydrogen) atoms. The van der Waals surface area contributed by atoms with Crippen LogP contribution in [0.5, 0.6) is 0 Å². The molecule has 0 fully saturated rings. The van der Waals surface area contributed by atoms with Crippen molar-refractivity contribution in [1.29, 1.82) is 0 Å². The number of nitrogens with one attached hydrogen (secondary N) is 1. The topological polar surface area (TPSA) is 92.2 Å². The van der Waals surface area contributed by atoms with E-state index in [0.29, 0.717) is 11.3 Å². The summed E-state index contributed by atoms with van der Waals surface area (Å²) in [5, 5.41) is 11.3. The maximum Gasteiger partial charge on any atom is 0.328 e. The SMILES string of the molecule is Cc1ccc(NC(=O)c2ncccc2/C=C/C(=O)O)cn1. The number of rotatable bonds is 4. The number of hydrogen-bond donors (Lipinski definition) is 2. The lowest BCUT2D eigenvalue weighted by molar-refractivity contribution is -0.131. The van der Waals surface area contributed by atoms with Crippen LogP contribution in [0.3, 0.4) is 0 Å². The highest BCUT2D eigenvalue weighted by Crippen LogP contribution is 2.12. The maximum absolute atomic E-state index is 12.2. The van der Waals surface area contributed by atoms with E-state index >= 15 is 0 Å². The Hall–Kier alpha value is -3.02. The number of amides is 1. The summed E-state index contributed by atoms with van der Waals surface area (Å²) in [5.74, 6) is -1.51. The number of carboxylic acid groups (broad SMARTS) is 1. The Morgan fingerprint density at radius 1 is 1.24 bits per heavy atom. The van der Waals surface area contributed by atoms with Gasteiger partial charge in [-0.2, -0.15) is 0 Å². The molecule has 2 aromatic heterocycles. The number of pyridine rings is 2. The van der Waals surface area contributed by atoms with Crippen LogP contribution in [0.4, 0.5) is 5.69 Å². The van der Waals surface area contributed by atoms with Gasteiger partial charge in [0.1, 0.15) is 5.69 Å². The van der Waals surface area contributed by atoms with Crippen molar-refractivity contribution >= 4 is 23.6 Å². The number of aliphatic carboxylic acids is 1. The first-order valence-corrected chi connectivity index (χ1v) is 6.16. The Labute approximate surface area is 121 Å². The summed E-state index contributed by atoms with van der Waals surface area (Å²) in [5.41, 5.74) is 1.97. The lowest BCUT2D eigenvalue weighted by atomic mass is 10.1. The summed E-state index contributed by atoms with van der Waals surface area (Å²) >= 11 is 0. The van der Waals surface area contributed by atoms with E-state index < -0.39 is 11.9 Å². The molecule has 0 atom stereocenters. The Balaban J connectivity index is 2.23. The fourth-order valence-corrected chi connectivity index (χ4v) is 1.64. The molecule has 0 unspecified atom stereocenters. The highest BCUT2D eigenvalue weighted by molar-refractivity contribution is 6.05. The van der Waals surface area contributed by atoms with E-state index in [9.17, 15) is 9.59 Å². The number of anilines is 1. The van der Waals surface area contributed by atoms with Gasteiger partial charge in [0.15, 0.2) is 0 Å². The molecule has 6 nitrogen and oxygen atoms in total. The molecule has 0 aliphatic rings. The molecule has 0 aromatic carbocycles. The third-order valence-corrected chi connectivity index (χ3v) is 2.63. The number of aryl methyl sites for hydroxylation is 1. The van der Waals surface area contributed by atoms with Crippen LogP contribution in [0.25, 0.3) is 6.08 Å². The quantitative estimate of drug-likeness (QED) is 0.839. The Morgan fingerprint density at radius 2 is 2.05 bits per heavy atom. The minimum atomic E-state index is -1.09. The van der Waals surface area contributed by atoms with Crippen LogP contribution < -0.4 is 5.32 Å². The minimum absolute atomic E-state index is 0.149. The van der Waals surface area contributed by atoms with Crippen molar-refractivity contribution in [3.05, 3.63) is 59.7 Å². The normalized spacial score (nSPS) is 10.5. The molecule has 6 heteroatoms. The zero-order chi connectivity index (χ0) is 15.2. The van der Waals surface area contributed by atoms with Gasteiger partial charge in [0.25, 0.3) is 5.91 Å². The summed E-state index contributed by atoms with van der Waals surface area (Å²) in [6.07, 6.45) is 5.31. The van der Waals surface area contributed by atoms with Gasteiger partial charge in [0.2, 0.25) is 0 Å². The van der Waals surface area contributed by atoms with Crippen LogP contribution in [0, 0.1) is 6.92 Å². The van der Waals surface area contributed by atoms with E-state index in [0.717, 1.165) is 11.8 Å². The van der Waals surface area contributed by atoms with Crippen LogP contribution in [-0.2, 0) is 4.79 Å². The van der Waals surface area contributed by atoms with Crippen LogP contribution in [-0.4, -0.2) is 27.0 Å². The smallest absolute Gasteiger partial charge is 0.328 e. The molecule has 2 N–H and O–H groups in total. The van der Waals surface area contributed by atoms with Gasteiger partial charge >= 0.3 is 5.97 Å². The molecular formula is C15H13N3O3. The molecule has 0 aliphatic carbocycles. The van der Waals surface area contributed by atoms with Crippen molar-refractivity contribution in [2.24, 2.45) is 0 Å². The summed E-state index contributed by atoms with van der Waals surface area (Å²) in [6, 6.07) is 6.76. The number of carboxylic acids is 1. The zero-order valence-corrected chi connectivity index (χ0v) is 11.3. The average molecular weight is 283 g/mol. The summed E-state index contributed by atoms with van der Waals surface area (Å²) < 4.78 is 0. The summed E-state index contributed by atoms with van der Waals surface area (Å²) in [6.45, 7) is 1.85. The molecule has 106 valence electrons. The van der Waals surface area contributed by atoms with Gasteiger partial charge in [-0.3, -0.25) is 14.8 Å². The predicted octanol–water partition coefficient (Wildman–Crippen LogP) is 2.14. The highest BCUT2D eigenvalue weighted by atomic mass is 16.4. The number of carbonyl (C=O) groups excluding carboxylic acids is 1. The molecule has 0 saturated heterocycles. The molecular weight excluding hydrogens is 270 g/mol. The third-order valence-electron chi connectivity index (χ3n) is 2.63. The highest BCUT2D eigenvalue weighted by Gasteiger charge is 2.11. The van der Waals surface area contributed by atoms with Gasteiger partial charge in [-0.25, -0.2) is 4.79 Å². The zero-order valence-electron chi connectivity index (χ0n) is 11.3. The van der Waals surface area contributed by atoms with Crippen molar-refractivity contribution < 1.29 is 14.7 Å². The fourth-order valence-electron chi connectivity index (χ4n) is 1.64. The average Bonchev–Trinajstić information content (AvgIpc) is 2.47. The second-order valence-electron chi connectivity index (χ2n) is 4.26. The molecule has 2 heterocycles. The Bertz CT molecular complexity index is 694. The molecule has 2 aromatic rings. The van der Waals surface area contributed by atoms with Gasteiger partial charge in [-0.05, 0) is 31.2 Å². The monoisotopic (exact) mass is 283 g/mol. The van der Waals surface area contributed by atoms with Gasteiger partial charge < -0.3 is 10.4 Å². The molecule has 0 radical (unpaired) electrons. The van der Waals surface area contributed by atoms with E-state index in [1.54, 1.807) is 30.5 Å². The van der Waals surface area contributed by atoms with Crippen LogP contribution >= 0.6 is 0 Å². The molecule has 0 saturated carbocycles. The second-order valence-corrected chi connectivity index (χ2v) is 4.26. The summed E-state index contributed by atoms with van der Waals surface area (Å²) in [7, 11) is 0. The van der Waals surface area contributed by atoms with Crippen LogP contribution in [0.15, 0.2) is 42.7 Å². The number of carbonyl (C=O) groups is 2. The van der Waals surface area contributed by atoms with Gasteiger partial charge in [-0.15, -0.1) is 0 Å². The molecule has 0 bridgehead atoms. The molecule has 0 aliphatic heterocycles. The number of nitrogens with zero attached hydrogens (tertiary/aromatic N) is 2. The maximum atomic E-state index is 12.2.